The third-order valence-electron chi connectivity index (χ3n) is 25.3. The third-order valence-corrected chi connectivity index (χ3v) is 25.3. The highest BCUT2D eigenvalue weighted by Gasteiger charge is 2.68. The molecule has 13 aliphatic rings. The van der Waals surface area contributed by atoms with Crippen LogP contribution in [0.2, 0.25) is 0 Å². The van der Waals surface area contributed by atoms with E-state index in [1.165, 1.54) is 0 Å². The van der Waals surface area contributed by atoms with Crippen molar-refractivity contribution in [3.8, 4) is 0 Å². The van der Waals surface area contributed by atoms with E-state index in [0.29, 0.717) is 92.2 Å². The Labute approximate surface area is 413 Å². The van der Waals surface area contributed by atoms with Crippen molar-refractivity contribution in [2.24, 2.45) is 85.8 Å². The van der Waals surface area contributed by atoms with Crippen LogP contribution in [-0.4, -0.2) is 85.6 Å². The lowest BCUT2D eigenvalue weighted by atomic mass is 9.43. The summed E-state index contributed by atoms with van der Waals surface area (Å²) < 4.78 is 38.0. The summed E-state index contributed by atoms with van der Waals surface area (Å²) in [6, 6.07) is 0. The minimum Gasteiger partial charge on any atom is -0.393 e. The molecule has 0 aromatic heterocycles. The molecular formula is C59H92O9. The van der Waals surface area contributed by atoms with Gasteiger partial charge in [-0.05, 0) is 221 Å². The molecule has 382 valence electrons. The first-order valence-electron chi connectivity index (χ1n) is 29.9. The van der Waals surface area contributed by atoms with Gasteiger partial charge in [0.25, 0.3) is 0 Å². The molecule has 5 N–H and O–H groups in total. The molecule has 0 radical (unpaired) electrons. The highest BCUT2D eigenvalue weighted by molar-refractivity contribution is 5.91. The molecule has 0 aromatic carbocycles. The Morgan fingerprint density at radius 3 is 1.56 bits per heavy atom. The van der Waals surface area contributed by atoms with Crippen LogP contribution in [0, 0.1) is 85.8 Å². The number of carbonyl (C=O) groups is 2. The van der Waals surface area contributed by atoms with E-state index in [1.807, 2.05) is 6.08 Å². The number of carbonyl (C=O) groups excluding carboxylic acids is 2. The zero-order chi connectivity index (χ0) is 50.7. The summed E-state index contributed by atoms with van der Waals surface area (Å²) in [5, 5.41) is 54.7. The van der Waals surface area contributed by atoms with Crippen LogP contribution in [0.4, 0.5) is 0 Å². The molecule has 9 nitrogen and oxygen atoms in total. The average molecular weight is 951 g/mol. The van der Waals surface area contributed by atoms with E-state index < -0.39 is 29.8 Å². The Kier molecular flexibility index (Phi) is 11.1. The Balaban J connectivity index is 0.000000116. The largest absolute Gasteiger partial charge is 0.393 e. The number of ether oxygens (including phenoxy) is 2. The van der Waals surface area contributed by atoms with E-state index in [9.17, 15) is 35.1 Å². The number of hydrogen-bond acceptors (Lipinski definition) is 9. The second kappa shape index (κ2) is 16.7. The summed E-state index contributed by atoms with van der Waals surface area (Å²) in [5.41, 5.74) is -1.50. The quantitative estimate of drug-likeness (QED) is 0.160. The van der Waals surface area contributed by atoms with Crippen LogP contribution in [0.25, 0.3) is 0 Å². The molecule has 12 aliphatic carbocycles. The van der Waals surface area contributed by atoms with E-state index in [4.69, 9.17) is 13.6 Å². The summed E-state index contributed by atoms with van der Waals surface area (Å²) in [7, 11) is 0. The van der Waals surface area contributed by atoms with Gasteiger partial charge in [-0.25, -0.2) is 0 Å². The topological polar surface area (TPSA) is 154 Å². The van der Waals surface area contributed by atoms with E-state index >= 15 is 0 Å². The molecule has 23 atom stereocenters. The van der Waals surface area contributed by atoms with Gasteiger partial charge in [-0.2, -0.15) is 0 Å². The lowest BCUT2D eigenvalue weighted by molar-refractivity contribution is -0.285. The monoisotopic (exact) mass is 951 g/mol. The van der Waals surface area contributed by atoms with Crippen molar-refractivity contribution < 1.29 is 48.7 Å². The SMILES string of the molecule is [3H][C@@H]1CC2C(CC[C@@]3(C)C2CC[C@@H]3O)[C@@]2(C)CCC(=O)C=C12.[3H][C@@H]1CC2C3CCC(O)[C@@]3(C)CCC2[C@@]2(C)CCC3(C[C@]12O)OCCO3.[3H][C@@H]1CC2C3CC[C@H](O)[C@@]3(C)CCC2[C@@]2(C)CCC(=O)C[C@]12O. The molecule has 1 heterocycles. The van der Waals surface area contributed by atoms with Crippen molar-refractivity contribution in [2.75, 3.05) is 13.2 Å². The van der Waals surface area contributed by atoms with Gasteiger partial charge in [-0.15, -0.1) is 0 Å². The minimum atomic E-state index is -1.14. The van der Waals surface area contributed by atoms with Crippen molar-refractivity contribution >= 4 is 11.6 Å². The van der Waals surface area contributed by atoms with E-state index in [-0.39, 0.29) is 75.2 Å². The van der Waals surface area contributed by atoms with Crippen LogP contribution in [0.1, 0.15) is 213 Å². The highest BCUT2D eigenvalue weighted by atomic mass is 16.7. The van der Waals surface area contributed by atoms with E-state index in [0.717, 1.165) is 121 Å². The van der Waals surface area contributed by atoms with E-state index in [1.54, 1.807) is 0 Å². The molecule has 1 spiro atoms. The predicted octanol–water partition coefficient (Wildman–Crippen LogP) is 10.2. The molecule has 0 aromatic rings. The first kappa shape index (κ1) is 45.4. The van der Waals surface area contributed by atoms with Crippen LogP contribution in [-0.2, 0) is 19.1 Å². The van der Waals surface area contributed by atoms with Gasteiger partial charge < -0.3 is 35.0 Å². The molecule has 10 unspecified atom stereocenters. The second-order valence-electron chi connectivity index (χ2n) is 27.5. The molecule has 0 bridgehead atoms. The lowest BCUT2D eigenvalue weighted by Crippen LogP contribution is -2.65. The number of Topliss-reactive ketones (excluding diaryl/α,β-unsaturated/α-hetero) is 1. The first-order valence-corrected chi connectivity index (χ1v) is 28.1. The molecule has 1 aliphatic heterocycles. The van der Waals surface area contributed by atoms with E-state index in [2.05, 4.69) is 41.5 Å². The maximum Gasteiger partial charge on any atom is 0.171 e. The molecule has 13 rings (SSSR count). The Morgan fingerprint density at radius 1 is 0.529 bits per heavy atom. The van der Waals surface area contributed by atoms with Gasteiger partial charge in [0.15, 0.2) is 11.6 Å². The lowest BCUT2D eigenvalue weighted by Gasteiger charge is -2.64. The molecule has 0 amide bonds. The molecule has 1 saturated heterocycles. The van der Waals surface area contributed by atoms with Crippen molar-refractivity contribution in [3.05, 3.63) is 11.6 Å². The molecule has 9 heteroatoms. The fraction of sp³-hybridized carbons (Fsp3) is 0.932. The maximum absolute atomic E-state index is 12.0. The fourth-order valence-corrected chi connectivity index (χ4v) is 20.6. The minimum absolute atomic E-state index is 0.00279. The van der Waals surface area contributed by atoms with Gasteiger partial charge in [0.05, 0.1) is 42.7 Å². The van der Waals surface area contributed by atoms with Crippen LogP contribution in [0.5, 0.6) is 0 Å². The number of fused-ring (bicyclic) bond motifs is 15. The van der Waals surface area contributed by atoms with Crippen LogP contribution < -0.4 is 0 Å². The number of allylic oxidation sites excluding steroid dienone is 1. The molecule has 68 heavy (non-hydrogen) atoms. The summed E-state index contributed by atoms with van der Waals surface area (Å²) in [4.78, 5) is 23.8. The van der Waals surface area contributed by atoms with Gasteiger partial charge in [0.1, 0.15) is 5.78 Å². The van der Waals surface area contributed by atoms with Crippen molar-refractivity contribution in [1.82, 2.24) is 0 Å². The highest BCUT2D eigenvalue weighted by Crippen LogP contribution is 2.70. The molecule has 12 fully saturated rings. The number of ketones is 2. The summed E-state index contributed by atoms with van der Waals surface area (Å²) in [6.45, 7) is 14.7. The summed E-state index contributed by atoms with van der Waals surface area (Å²) >= 11 is 0. The zero-order valence-corrected chi connectivity index (χ0v) is 42.8. The van der Waals surface area contributed by atoms with Gasteiger partial charge in [-0.3, -0.25) is 9.59 Å². The number of aliphatic hydroxyl groups is 5. The Bertz CT molecular complexity index is 2130. The average Bonchev–Trinajstić information content (AvgIpc) is 4.07. The Morgan fingerprint density at radius 2 is 1.01 bits per heavy atom. The predicted molar refractivity (Wildman–Crippen MR) is 261 cm³/mol. The summed E-state index contributed by atoms with van der Waals surface area (Å²) in [5.74, 6) is 4.12. The standard InChI is InChI=1S/C21H34O4.C19H30O3.C19H28O2/c1-18-7-6-16-14(15(18)3-4-17(18)22)5-8-20(23)13-21(24-11-12-25-21)10-9-19(16,20)2;1-17-8-7-15-13(14(17)3-4-16(17)21)6-10-19(22)11-12(20)5-9-18(15,19)2;1-18-9-7-13(20)11-12(18)3-4-14-15-5-6-17(21)19(15,2)10-8-16(14)18/h14-17,22-23H,3-13H2,1-2H3;13-16,21-22H,3-11H2,1-2H3;11,14-17,21H,3-10H2,1-2H3/t14?,15?,16?,17?,18-,19+,20+;13?,14?,15?,16-,17-,18+,19+;14?,15?,16?,17-,18-,19-/m000/s1/i8T;10T;3T/t8-,14?,15?,16?,17?,18+,19-,20-;10-,13?,14?,15?,16+,17+,18-,19-;3-,14?,15?,16?,17+,18+,19+/m111. The summed E-state index contributed by atoms with van der Waals surface area (Å²) in [6.07, 6.45) is 19.9. The van der Waals surface area contributed by atoms with Gasteiger partial charge in [-0.1, -0.05) is 47.1 Å². The zero-order valence-electron chi connectivity index (χ0n) is 45.8. The second-order valence-corrected chi connectivity index (χ2v) is 27.5. The van der Waals surface area contributed by atoms with Crippen molar-refractivity contribution in [3.63, 3.8) is 0 Å². The van der Waals surface area contributed by atoms with Crippen molar-refractivity contribution in [1.29, 1.82) is 0 Å². The smallest absolute Gasteiger partial charge is 0.171 e. The number of aliphatic hydroxyl groups excluding tert-OH is 3. The first-order chi connectivity index (χ1) is 33.3. The number of hydrogen-bond donors (Lipinski definition) is 5. The molecular weight excluding hydrogens is 853 g/mol. The fourth-order valence-electron chi connectivity index (χ4n) is 20.6. The maximum atomic E-state index is 12.0. The number of rotatable bonds is 0. The third kappa shape index (κ3) is 7.02. The van der Waals surface area contributed by atoms with Gasteiger partial charge in [0, 0.05) is 41.6 Å². The van der Waals surface area contributed by atoms with Gasteiger partial charge in [0.2, 0.25) is 0 Å². The van der Waals surface area contributed by atoms with Crippen LogP contribution in [0.15, 0.2) is 11.6 Å². The van der Waals surface area contributed by atoms with Gasteiger partial charge >= 0.3 is 0 Å². The van der Waals surface area contributed by atoms with Crippen molar-refractivity contribution in [2.45, 2.75) is 244 Å². The Hall–Kier alpha value is -1.20. The van der Waals surface area contributed by atoms with Crippen LogP contribution in [0.3, 0.4) is 0 Å². The normalized spacial score (nSPS) is 59.9. The van der Waals surface area contributed by atoms with Crippen LogP contribution >= 0.6 is 0 Å². The molecule has 11 saturated carbocycles.